The fourth-order valence-electron chi connectivity index (χ4n) is 4.78. The van der Waals surface area contributed by atoms with Crippen LogP contribution in [0.1, 0.15) is 33.1 Å². The van der Waals surface area contributed by atoms with Crippen molar-refractivity contribution >= 4 is 0 Å². The lowest BCUT2D eigenvalue weighted by molar-refractivity contribution is 0.303. The number of nitrogens with one attached hydrogen (secondary N) is 1. The van der Waals surface area contributed by atoms with Crippen LogP contribution in [0.3, 0.4) is 0 Å². The van der Waals surface area contributed by atoms with Gasteiger partial charge in [-0.3, -0.25) is 0 Å². The van der Waals surface area contributed by atoms with Crippen molar-refractivity contribution in [1.29, 1.82) is 0 Å². The van der Waals surface area contributed by atoms with Crippen molar-refractivity contribution in [3.63, 3.8) is 0 Å². The van der Waals surface area contributed by atoms with E-state index in [4.69, 9.17) is 0 Å². The zero-order valence-corrected chi connectivity index (χ0v) is 11.7. The summed E-state index contributed by atoms with van der Waals surface area (Å²) in [4.78, 5) is 2.40. The zero-order chi connectivity index (χ0) is 12.0. The minimum absolute atomic E-state index is 0.652. The molecule has 3 aliphatic carbocycles. The van der Waals surface area contributed by atoms with Gasteiger partial charge in [-0.2, -0.15) is 0 Å². The maximum Gasteiger partial charge on any atom is 0.0166 e. The maximum atomic E-state index is 3.77. The van der Waals surface area contributed by atoms with Crippen LogP contribution in [0.4, 0.5) is 0 Å². The highest BCUT2D eigenvalue weighted by Crippen LogP contribution is 2.69. The monoisotopic (exact) mass is 236 g/mol. The predicted molar refractivity (Wildman–Crippen MR) is 71.9 cm³/mol. The molecule has 3 fully saturated rings. The summed E-state index contributed by atoms with van der Waals surface area (Å²) in [5, 5.41) is 3.77. The number of likely N-dealkylation sites (N-methyl/N-ethyl adjacent to an activating group) is 1. The molecule has 3 saturated carbocycles. The number of nitrogens with zero attached hydrogens (tertiary/aromatic N) is 1. The third-order valence-corrected chi connectivity index (χ3v) is 5.72. The molecule has 2 nitrogen and oxygen atoms in total. The molecule has 1 N–H and O–H groups in total. The Morgan fingerprint density at radius 3 is 2.47 bits per heavy atom. The van der Waals surface area contributed by atoms with Gasteiger partial charge in [0.15, 0.2) is 0 Å². The molecule has 3 rings (SSSR count). The van der Waals surface area contributed by atoms with E-state index >= 15 is 0 Å². The summed E-state index contributed by atoms with van der Waals surface area (Å²) in [6.07, 6.45) is 4.69. The molecule has 0 aliphatic heterocycles. The average molecular weight is 236 g/mol. The third-order valence-electron chi connectivity index (χ3n) is 5.72. The summed E-state index contributed by atoms with van der Waals surface area (Å²) in [6.45, 7) is 8.20. The largest absolute Gasteiger partial charge is 0.313 e. The number of hydrogen-bond donors (Lipinski definition) is 1. The first-order valence-corrected chi connectivity index (χ1v) is 7.62. The van der Waals surface area contributed by atoms with Gasteiger partial charge in [-0.1, -0.05) is 6.92 Å². The summed E-state index contributed by atoms with van der Waals surface area (Å²) < 4.78 is 0. The van der Waals surface area contributed by atoms with E-state index in [1.54, 1.807) is 19.3 Å². The van der Waals surface area contributed by atoms with Crippen LogP contribution in [0, 0.1) is 29.6 Å². The minimum atomic E-state index is 0.652. The summed E-state index contributed by atoms with van der Waals surface area (Å²) in [7, 11) is 2.21. The molecule has 0 radical (unpaired) electrons. The van der Waals surface area contributed by atoms with Crippen molar-refractivity contribution in [3.8, 4) is 0 Å². The van der Waals surface area contributed by atoms with Gasteiger partial charge in [0.1, 0.15) is 0 Å². The Hall–Kier alpha value is -0.0800. The second-order valence-electron chi connectivity index (χ2n) is 6.82. The minimum Gasteiger partial charge on any atom is -0.313 e. The highest BCUT2D eigenvalue weighted by molar-refractivity contribution is 5.13. The molecule has 2 bridgehead atoms. The molecule has 3 aliphatic rings. The van der Waals surface area contributed by atoms with Crippen LogP contribution in [-0.4, -0.2) is 37.6 Å². The molecular formula is C15H28N2. The first-order valence-electron chi connectivity index (χ1n) is 7.62. The lowest BCUT2D eigenvalue weighted by Crippen LogP contribution is -2.38. The van der Waals surface area contributed by atoms with Gasteiger partial charge < -0.3 is 10.2 Å². The topological polar surface area (TPSA) is 15.3 Å². The van der Waals surface area contributed by atoms with E-state index in [2.05, 4.69) is 31.1 Å². The Morgan fingerprint density at radius 2 is 1.88 bits per heavy atom. The molecular weight excluding hydrogens is 208 g/mol. The molecule has 0 amide bonds. The van der Waals surface area contributed by atoms with Crippen molar-refractivity contribution in [3.05, 3.63) is 0 Å². The molecule has 0 saturated heterocycles. The highest BCUT2D eigenvalue weighted by atomic mass is 15.1. The van der Waals surface area contributed by atoms with Crippen LogP contribution in [0.25, 0.3) is 0 Å². The summed E-state index contributed by atoms with van der Waals surface area (Å²) in [5.74, 6) is 5.58. The van der Waals surface area contributed by atoms with E-state index in [1.165, 1.54) is 13.1 Å². The lowest BCUT2D eigenvalue weighted by Gasteiger charge is -2.21. The van der Waals surface area contributed by atoms with Gasteiger partial charge in [-0.05, 0) is 75.9 Å². The van der Waals surface area contributed by atoms with Gasteiger partial charge in [0.05, 0.1) is 0 Å². The number of rotatable bonds is 6. The zero-order valence-electron chi connectivity index (χ0n) is 11.7. The van der Waals surface area contributed by atoms with E-state index in [0.717, 1.165) is 36.1 Å². The van der Waals surface area contributed by atoms with E-state index < -0.39 is 0 Å². The van der Waals surface area contributed by atoms with Crippen LogP contribution in [-0.2, 0) is 0 Å². The molecule has 0 aromatic rings. The molecule has 5 unspecified atom stereocenters. The van der Waals surface area contributed by atoms with E-state index in [1.807, 2.05) is 0 Å². The average Bonchev–Trinajstić information content (AvgIpc) is 2.70. The quantitative estimate of drug-likeness (QED) is 0.760. The summed E-state index contributed by atoms with van der Waals surface area (Å²) >= 11 is 0. The fourth-order valence-corrected chi connectivity index (χ4v) is 4.78. The van der Waals surface area contributed by atoms with Gasteiger partial charge in [0.2, 0.25) is 0 Å². The molecule has 2 heteroatoms. The smallest absolute Gasteiger partial charge is 0.0166 e. The Labute approximate surface area is 106 Å². The SMILES string of the molecule is CCN(C)CC(C)NCC1C2C3CCC(C3)C12. The van der Waals surface area contributed by atoms with Crippen molar-refractivity contribution < 1.29 is 0 Å². The first kappa shape index (κ1) is 12.0. The molecule has 0 spiro atoms. The van der Waals surface area contributed by atoms with Crippen molar-refractivity contribution in [2.45, 2.75) is 39.2 Å². The molecule has 0 heterocycles. The van der Waals surface area contributed by atoms with Crippen LogP contribution >= 0.6 is 0 Å². The Morgan fingerprint density at radius 1 is 1.24 bits per heavy atom. The second-order valence-corrected chi connectivity index (χ2v) is 6.82. The van der Waals surface area contributed by atoms with E-state index in [0.29, 0.717) is 6.04 Å². The standard InChI is InChI=1S/C15H28N2/c1-4-17(3)9-10(2)16-8-13-14-11-5-6-12(7-11)15(13)14/h10-16H,4-9H2,1-3H3. The Kier molecular flexibility index (Phi) is 3.20. The Balaban J connectivity index is 1.39. The van der Waals surface area contributed by atoms with E-state index in [-0.39, 0.29) is 0 Å². The van der Waals surface area contributed by atoms with Crippen LogP contribution in [0.15, 0.2) is 0 Å². The molecule has 5 atom stereocenters. The fraction of sp³-hybridized carbons (Fsp3) is 1.00. The van der Waals surface area contributed by atoms with Crippen molar-refractivity contribution in [1.82, 2.24) is 10.2 Å². The molecule has 0 aromatic heterocycles. The Bertz CT molecular complexity index is 262. The molecule has 17 heavy (non-hydrogen) atoms. The number of fused-ring (bicyclic) bond motifs is 5. The van der Waals surface area contributed by atoms with E-state index in [9.17, 15) is 0 Å². The second kappa shape index (κ2) is 4.55. The lowest BCUT2D eigenvalue weighted by atomic mass is 10.0. The van der Waals surface area contributed by atoms with Crippen LogP contribution in [0.2, 0.25) is 0 Å². The molecule has 0 aromatic carbocycles. The third kappa shape index (κ3) is 2.15. The molecule has 98 valence electrons. The van der Waals surface area contributed by atoms with Gasteiger partial charge in [0.25, 0.3) is 0 Å². The first-order chi connectivity index (χ1) is 8.20. The summed E-state index contributed by atoms with van der Waals surface area (Å²) in [5.41, 5.74) is 0. The van der Waals surface area contributed by atoms with Crippen molar-refractivity contribution in [2.75, 3.05) is 26.7 Å². The normalized spacial score (nSPS) is 44.1. The maximum absolute atomic E-state index is 3.77. The highest BCUT2D eigenvalue weighted by Gasteiger charge is 2.64. The number of hydrogen-bond acceptors (Lipinski definition) is 2. The van der Waals surface area contributed by atoms with Gasteiger partial charge in [-0.15, -0.1) is 0 Å². The van der Waals surface area contributed by atoms with Crippen LogP contribution < -0.4 is 5.32 Å². The summed E-state index contributed by atoms with van der Waals surface area (Å²) in [6, 6.07) is 0.652. The van der Waals surface area contributed by atoms with Crippen molar-refractivity contribution in [2.24, 2.45) is 29.6 Å². The van der Waals surface area contributed by atoms with Gasteiger partial charge >= 0.3 is 0 Å². The van der Waals surface area contributed by atoms with Crippen LogP contribution in [0.5, 0.6) is 0 Å². The predicted octanol–water partition coefficient (Wildman–Crippen LogP) is 2.21. The van der Waals surface area contributed by atoms with Gasteiger partial charge in [-0.25, -0.2) is 0 Å². The van der Waals surface area contributed by atoms with Gasteiger partial charge in [0, 0.05) is 12.6 Å².